The summed E-state index contributed by atoms with van der Waals surface area (Å²) in [5, 5.41) is 3.41. The average Bonchev–Trinajstić information content (AvgIpc) is 2.92. The summed E-state index contributed by atoms with van der Waals surface area (Å²) in [5.74, 6) is 1.18. The molecule has 2 rings (SSSR count). The number of nitrogens with one attached hydrogen (secondary N) is 1. The van der Waals surface area contributed by atoms with Crippen molar-refractivity contribution in [2.45, 2.75) is 45.7 Å². The molecule has 1 unspecified atom stereocenters. The molecule has 3 heteroatoms. The van der Waals surface area contributed by atoms with Crippen LogP contribution in [0.1, 0.15) is 43.3 Å². The molecular weight excluding hydrogens is 246 g/mol. The van der Waals surface area contributed by atoms with Crippen LogP contribution in [0.2, 0.25) is 0 Å². The molecule has 1 N–H and O–H groups in total. The van der Waals surface area contributed by atoms with Gasteiger partial charge in [0.15, 0.2) is 0 Å². The van der Waals surface area contributed by atoms with Gasteiger partial charge in [0.2, 0.25) is 0 Å². The van der Waals surface area contributed by atoms with E-state index in [0.717, 1.165) is 25.8 Å². The Bertz CT molecular complexity index is 513. The molecule has 0 bridgehead atoms. The zero-order chi connectivity index (χ0) is 14.4. The molecule has 1 aromatic carbocycles. The summed E-state index contributed by atoms with van der Waals surface area (Å²) < 4.78 is 2.26. The molecule has 0 amide bonds. The first-order valence-electron chi connectivity index (χ1n) is 7.54. The summed E-state index contributed by atoms with van der Waals surface area (Å²) in [7, 11) is 2.02. The number of aromatic nitrogens is 2. The fourth-order valence-electron chi connectivity index (χ4n) is 2.50. The quantitative estimate of drug-likeness (QED) is 0.837. The standard InChI is InChI=1S/C17H25N3/c1-4-6-17-19-11-12-20(17)13-16(18-3)15-9-7-14(5-2)8-10-15/h7-12,16,18H,4-6,13H2,1-3H3. The molecule has 20 heavy (non-hydrogen) atoms. The summed E-state index contributed by atoms with van der Waals surface area (Å²) in [6, 6.07) is 9.24. The predicted octanol–water partition coefficient (Wildman–Crippen LogP) is 3.36. The van der Waals surface area contributed by atoms with Crippen molar-refractivity contribution in [3.8, 4) is 0 Å². The van der Waals surface area contributed by atoms with E-state index in [4.69, 9.17) is 0 Å². The van der Waals surface area contributed by atoms with E-state index >= 15 is 0 Å². The number of hydrogen-bond acceptors (Lipinski definition) is 2. The molecular formula is C17H25N3. The first-order chi connectivity index (χ1) is 9.78. The minimum atomic E-state index is 0.325. The minimum absolute atomic E-state index is 0.325. The van der Waals surface area contributed by atoms with Crippen LogP contribution in [0.5, 0.6) is 0 Å². The summed E-state index contributed by atoms with van der Waals surface area (Å²) in [6.07, 6.45) is 7.24. The van der Waals surface area contributed by atoms with Gasteiger partial charge < -0.3 is 9.88 Å². The summed E-state index contributed by atoms with van der Waals surface area (Å²) in [4.78, 5) is 4.45. The Morgan fingerprint density at radius 2 is 1.95 bits per heavy atom. The van der Waals surface area contributed by atoms with Crippen molar-refractivity contribution in [1.82, 2.24) is 14.9 Å². The fourth-order valence-corrected chi connectivity index (χ4v) is 2.50. The first-order valence-corrected chi connectivity index (χ1v) is 7.54. The molecule has 0 spiro atoms. The molecule has 0 aliphatic rings. The number of hydrogen-bond donors (Lipinski definition) is 1. The molecule has 3 nitrogen and oxygen atoms in total. The highest BCUT2D eigenvalue weighted by Gasteiger charge is 2.12. The Kier molecular flexibility index (Phi) is 5.36. The Morgan fingerprint density at radius 3 is 2.55 bits per heavy atom. The number of benzene rings is 1. The third-order valence-corrected chi connectivity index (χ3v) is 3.79. The van der Waals surface area contributed by atoms with Crippen LogP contribution in [0, 0.1) is 0 Å². The zero-order valence-electron chi connectivity index (χ0n) is 12.8. The van der Waals surface area contributed by atoms with Crippen LogP contribution in [-0.2, 0) is 19.4 Å². The van der Waals surface area contributed by atoms with Crippen molar-refractivity contribution < 1.29 is 0 Å². The SMILES string of the molecule is CCCc1nccn1CC(NC)c1ccc(CC)cc1. The third-order valence-electron chi connectivity index (χ3n) is 3.79. The number of rotatable bonds is 7. The maximum Gasteiger partial charge on any atom is 0.108 e. The van der Waals surface area contributed by atoms with Gasteiger partial charge in [-0.15, -0.1) is 0 Å². The monoisotopic (exact) mass is 271 g/mol. The molecule has 1 heterocycles. The van der Waals surface area contributed by atoms with Crippen molar-refractivity contribution in [3.63, 3.8) is 0 Å². The van der Waals surface area contributed by atoms with Crippen LogP contribution < -0.4 is 5.32 Å². The van der Waals surface area contributed by atoms with Crippen LogP contribution in [-0.4, -0.2) is 16.6 Å². The smallest absolute Gasteiger partial charge is 0.108 e. The lowest BCUT2D eigenvalue weighted by molar-refractivity contribution is 0.487. The normalized spacial score (nSPS) is 12.6. The second-order valence-corrected chi connectivity index (χ2v) is 5.18. The average molecular weight is 271 g/mol. The second kappa shape index (κ2) is 7.25. The van der Waals surface area contributed by atoms with Crippen molar-refractivity contribution >= 4 is 0 Å². The van der Waals surface area contributed by atoms with Gasteiger partial charge in [-0.1, -0.05) is 38.1 Å². The molecule has 0 radical (unpaired) electrons. The maximum absolute atomic E-state index is 4.45. The van der Waals surface area contributed by atoms with E-state index in [2.05, 4.69) is 59.2 Å². The van der Waals surface area contributed by atoms with Crippen LogP contribution in [0.15, 0.2) is 36.7 Å². The van der Waals surface area contributed by atoms with E-state index in [1.165, 1.54) is 17.0 Å². The molecule has 108 valence electrons. The Balaban J connectivity index is 2.13. The highest BCUT2D eigenvalue weighted by Crippen LogP contribution is 2.17. The summed E-state index contributed by atoms with van der Waals surface area (Å²) >= 11 is 0. The lowest BCUT2D eigenvalue weighted by atomic mass is 10.0. The Labute approximate surface area is 122 Å². The van der Waals surface area contributed by atoms with Crippen molar-refractivity contribution in [2.75, 3.05) is 7.05 Å². The lowest BCUT2D eigenvalue weighted by Crippen LogP contribution is -2.22. The number of nitrogens with zero attached hydrogens (tertiary/aromatic N) is 2. The van der Waals surface area contributed by atoms with Crippen LogP contribution in [0.3, 0.4) is 0 Å². The van der Waals surface area contributed by atoms with Gasteiger partial charge in [-0.05, 0) is 31.0 Å². The van der Waals surface area contributed by atoms with E-state index in [1.807, 2.05) is 13.2 Å². The molecule has 0 saturated carbocycles. The molecule has 2 aromatic rings. The van der Waals surface area contributed by atoms with E-state index in [0.29, 0.717) is 6.04 Å². The Morgan fingerprint density at radius 1 is 1.20 bits per heavy atom. The van der Waals surface area contributed by atoms with Gasteiger partial charge in [-0.3, -0.25) is 0 Å². The van der Waals surface area contributed by atoms with E-state index < -0.39 is 0 Å². The highest BCUT2D eigenvalue weighted by atomic mass is 15.1. The van der Waals surface area contributed by atoms with Gasteiger partial charge in [-0.25, -0.2) is 4.98 Å². The minimum Gasteiger partial charge on any atom is -0.333 e. The first kappa shape index (κ1) is 14.8. The summed E-state index contributed by atoms with van der Waals surface area (Å²) in [5.41, 5.74) is 2.72. The second-order valence-electron chi connectivity index (χ2n) is 5.18. The van der Waals surface area contributed by atoms with Gasteiger partial charge in [-0.2, -0.15) is 0 Å². The third kappa shape index (κ3) is 3.48. The number of aryl methyl sites for hydroxylation is 2. The van der Waals surface area contributed by atoms with Crippen LogP contribution >= 0.6 is 0 Å². The molecule has 1 aromatic heterocycles. The van der Waals surface area contributed by atoms with E-state index in [-0.39, 0.29) is 0 Å². The van der Waals surface area contributed by atoms with Crippen molar-refractivity contribution in [3.05, 3.63) is 53.6 Å². The molecule has 0 aliphatic heterocycles. The van der Waals surface area contributed by atoms with Gasteiger partial charge in [0.25, 0.3) is 0 Å². The fraction of sp³-hybridized carbons (Fsp3) is 0.471. The molecule has 0 saturated heterocycles. The van der Waals surface area contributed by atoms with Crippen molar-refractivity contribution in [1.29, 1.82) is 0 Å². The molecule has 1 atom stereocenters. The van der Waals surface area contributed by atoms with Gasteiger partial charge in [0.1, 0.15) is 5.82 Å². The lowest BCUT2D eigenvalue weighted by Gasteiger charge is -2.19. The highest BCUT2D eigenvalue weighted by molar-refractivity contribution is 5.25. The zero-order valence-corrected chi connectivity index (χ0v) is 12.8. The predicted molar refractivity (Wildman–Crippen MR) is 83.8 cm³/mol. The van der Waals surface area contributed by atoms with Crippen molar-refractivity contribution in [2.24, 2.45) is 0 Å². The summed E-state index contributed by atoms with van der Waals surface area (Å²) in [6.45, 7) is 5.31. The largest absolute Gasteiger partial charge is 0.333 e. The van der Waals surface area contributed by atoms with Crippen LogP contribution in [0.4, 0.5) is 0 Å². The number of likely N-dealkylation sites (N-methyl/N-ethyl adjacent to an activating group) is 1. The maximum atomic E-state index is 4.45. The topological polar surface area (TPSA) is 29.9 Å². The van der Waals surface area contributed by atoms with Crippen LogP contribution in [0.25, 0.3) is 0 Å². The molecule has 0 fully saturated rings. The van der Waals surface area contributed by atoms with Gasteiger partial charge in [0.05, 0.1) is 0 Å². The van der Waals surface area contributed by atoms with E-state index in [9.17, 15) is 0 Å². The van der Waals surface area contributed by atoms with Gasteiger partial charge >= 0.3 is 0 Å². The number of imidazole rings is 1. The van der Waals surface area contributed by atoms with E-state index in [1.54, 1.807) is 0 Å². The Hall–Kier alpha value is -1.61. The molecule has 0 aliphatic carbocycles. The van der Waals surface area contributed by atoms with Gasteiger partial charge in [0, 0.05) is 31.4 Å².